The molecule has 2 nitrogen and oxygen atoms in total. The molecule has 7 heteroatoms. The molecule has 0 saturated heterocycles. The molecule has 0 N–H and O–H groups in total. The number of nitrogens with zero attached hydrogens (tertiary/aromatic N) is 1. The molecule has 0 spiro atoms. The maximum absolute atomic E-state index is 12.9. The number of thiazole rings is 1. The maximum Gasteiger partial charge on any atom is 0.416 e. The second-order valence-electron chi connectivity index (χ2n) is 6.91. The molecule has 0 saturated carbocycles. The summed E-state index contributed by atoms with van der Waals surface area (Å²) < 4.78 is 44.9. The predicted octanol–water partition coefficient (Wildman–Crippen LogP) is 7.96. The molecule has 31 heavy (non-hydrogen) atoms. The highest BCUT2D eigenvalue weighted by Gasteiger charge is 2.30. The van der Waals surface area contributed by atoms with Crippen LogP contribution in [-0.4, -0.2) is 4.98 Å². The lowest BCUT2D eigenvalue weighted by Crippen LogP contribution is -2.09. The number of aryl methyl sites for hydroxylation is 1. The van der Waals surface area contributed by atoms with Crippen molar-refractivity contribution >= 4 is 22.9 Å². The Hall–Kier alpha value is -2.83. The van der Waals surface area contributed by atoms with Gasteiger partial charge in [-0.2, -0.15) is 13.2 Å². The predicted molar refractivity (Wildman–Crippen MR) is 118 cm³/mol. The zero-order valence-electron chi connectivity index (χ0n) is 16.4. The summed E-state index contributed by atoms with van der Waals surface area (Å²) >= 11 is 7.51. The first-order valence-corrected chi connectivity index (χ1v) is 10.6. The Morgan fingerprint density at radius 1 is 0.935 bits per heavy atom. The highest BCUT2D eigenvalue weighted by molar-refractivity contribution is 7.15. The van der Waals surface area contributed by atoms with Crippen LogP contribution in [0.2, 0.25) is 5.02 Å². The third kappa shape index (κ3) is 4.92. The summed E-state index contributed by atoms with van der Waals surface area (Å²) in [5.41, 5.74) is 1.64. The van der Waals surface area contributed by atoms with Crippen LogP contribution in [0, 0.1) is 6.92 Å². The van der Waals surface area contributed by atoms with Crippen LogP contribution >= 0.6 is 22.9 Å². The quantitative estimate of drug-likeness (QED) is 0.302. The van der Waals surface area contributed by atoms with Gasteiger partial charge in [-0.1, -0.05) is 60.1 Å². The van der Waals surface area contributed by atoms with Gasteiger partial charge in [-0.05, 0) is 42.8 Å². The summed E-state index contributed by atoms with van der Waals surface area (Å²) in [4.78, 5) is 5.49. The second-order valence-corrected chi connectivity index (χ2v) is 8.38. The van der Waals surface area contributed by atoms with Crippen molar-refractivity contribution in [3.8, 4) is 16.3 Å². The van der Waals surface area contributed by atoms with Gasteiger partial charge in [0, 0.05) is 10.6 Å². The van der Waals surface area contributed by atoms with E-state index in [1.54, 1.807) is 12.1 Å². The van der Waals surface area contributed by atoms with Gasteiger partial charge < -0.3 is 4.74 Å². The minimum Gasteiger partial charge on any atom is -0.480 e. The minimum absolute atomic E-state index is 0.430. The maximum atomic E-state index is 12.9. The Morgan fingerprint density at radius 3 is 2.29 bits per heavy atom. The first-order chi connectivity index (χ1) is 14.8. The fraction of sp³-hybridized carbons (Fsp3) is 0.125. The van der Waals surface area contributed by atoms with E-state index in [9.17, 15) is 13.2 Å². The molecular formula is C24H17ClF3NOS. The Bertz CT molecular complexity index is 1170. The van der Waals surface area contributed by atoms with Crippen molar-refractivity contribution in [2.45, 2.75) is 19.2 Å². The number of rotatable bonds is 5. The molecule has 1 heterocycles. The number of hydrogen-bond acceptors (Lipinski definition) is 3. The van der Waals surface area contributed by atoms with Crippen LogP contribution in [0.1, 0.15) is 27.8 Å². The number of aromatic nitrogens is 1. The molecule has 1 atom stereocenters. The van der Waals surface area contributed by atoms with Crippen molar-refractivity contribution in [1.82, 2.24) is 4.98 Å². The van der Waals surface area contributed by atoms with Crippen LogP contribution in [0.5, 0.6) is 5.75 Å². The van der Waals surface area contributed by atoms with E-state index in [2.05, 4.69) is 4.98 Å². The van der Waals surface area contributed by atoms with Gasteiger partial charge in [-0.15, -0.1) is 11.3 Å². The molecule has 0 aliphatic carbocycles. The van der Waals surface area contributed by atoms with Gasteiger partial charge in [0.2, 0.25) is 0 Å². The van der Waals surface area contributed by atoms with Crippen LogP contribution in [-0.2, 0) is 6.18 Å². The molecule has 4 rings (SSSR count). The fourth-order valence-electron chi connectivity index (χ4n) is 3.15. The molecule has 0 aliphatic heterocycles. The molecule has 3 aromatic carbocycles. The standard InChI is InChI=1S/C24H17ClF3NOS/c1-15-22(31-23(29-15)17-10-12-18(13-11-17)24(26,27)28)21(16-6-3-2-4-7-16)30-20-9-5-8-19(25)14-20/h2-14,21H,1H3. The molecule has 0 aliphatic rings. The van der Waals surface area contributed by atoms with Gasteiger partial charge in [0.1, 0.15) is 10.8 Å². The molecule has 158 valence electrons. The summed E-state index contributed by atoms with van der Waals surface area (Å²) in [7, 11) is 0. The van der Waals surface area contributed by atoms with Crippen molar-refractivity contribution in [3.05, 3.63) is 106 Å². The molecule has 0 amide bonds. The van der Waals surface area contributed by atoms with Crippen LogP contribution < -0.4 is 4.74 Å². The molecule has 0 bridgehead atoms. The van der Waals surface area contributed by atoms with Gasteiger partial charge in [0.15, 0.2) is 6.10 Å². The van der Waals surface area contributed by atoms with E-state index in [1.807, 2.05) is 49.4 Å². The zero-order valence-corrected chi connectivity index (χ0v) is 17.9. The van der Waals surface area contributed by atoms with E-state index in [4.69, 9.17) is 16.3 Å². The summed E-state index contributed by atoms with van der Waals surface area (Å²) in [5, 5.41) is 1.20. The van der Waals surface area contributed by atoms with Gasteiger partial charge >= 0.3 is 6.18 Å². The van der Waals surface area contributed by atoms with E-state index in [0.717, 1.165) is 28.3 Å². The molecule has 0 radical (unpaired) electrons. The van der Waals surface area contributed by atoms with Crippen LogP contribution in [0.3, 0.4) is 0 Å². The van der Waals surface area contributed by atoms with Crippen molar-refractivity contribution in [2.75, 3.05) is 0 Å². The van der Waals surface area contributed by atoms with Gasteiger partial charge in [0.25, 0.3) is 0 Å². The highest BCUT2D eigenvalue weighted by atomic mass is 35.5. The summed E-state index contributed by atoms with van der Waals surface area (Å²) in [5.74, 6) is 0.616. The topological polar surface area (TPSA) is 22.1 Å². The van der Waals surface area contributed by atoms with E-state index < -0.39 is 17.8 Å². The largest absolute Gasteiger partial charge is 0.480 e. The summed E-state index contributed by atoms with van der Waals surface area (Å²) in [6.45, 7) is 1.87. The fourth-order valence-corrected chi connectivity index (χ4v) is 4.46. The van der Waals surface area contributed by atoms with E-state index >= 15 is 0 Å². The number of halogens is 4. The van der Waals surface area contributed by atoms with Gasteiger partial charge in [-0.3, -0.25) is 0 Å². The van der Waals surface area contributed by atoms with E-state index in [0.29, 0.717) is 21.3 Å². The number of alkyl halides is 3. The molecule has 1 aromatic heterocycles. The molecule has 0 fully saturated rings. The Balaban J connectivity index is 1.71. The lowest BCUT2D eigenvalue weighted by Gasteiger charge is -2.19. The number of ether oxygens (including phenoxy) is 1. The number of benzene rings is 3. The Morgan fingerprint density at radius 2 is 1.65 bits per heavy atom. The van der Waals surface area contributed by atoms with Gasteiger partial charge in [0.05, 0.1) is 16.1 Å². The number of hydrogen-bond donors (Lipinski definition) is 0. The highest BCUT2D eigenvalue weighted by Crippen LogP contribution is 2.38. The molecular weight excluding hydrogens is 443 g/mol. The summed E-state index contributed by atoms with van der Waals surface area (Å²) in [6.07, 6.45) is -4.80. The molecule has 1 unspecified atom stereocenters. The van der Waals surface area contributed by atoms with E-state index in [1.165, 1.54) is 23.5 Å². The SMILES string of the molecule is Cc1nc(-c2ccc(C(F)(F)F)cc2)sc1C(Oc1cccc(Cl)c1)c1ccccc1. The van der Waals surface area contributed by atoms with Gasteiger partial charge in [-0.25, -0.2) is 4.98 Å². The lowest BCUT2D eigenvalue weighted by atomic mass is 10.1. The van der Waals surface area contributed by atoms with E-state index in [-0.39, 0.29) is 0 Å². The average molecular weight is 460 g/mol. The first-order valence-electron chi connectivity index (χ1n) is 9.43. The van der Waals surface area contributed by atoms with Crippen LogP contribution in [0.15, 0.2) is 78.9 Å². The van der Waals surface area contributed by atoms with Crippen molar-refractivity contribution in [3.63, 3.8) is 0 Å². The Kier molecular flexibility index (Phi) is 6.03. The average Bonchev–Trinajstić information content (AvgIpc) is 3.13. The van der Waals surface area contributed by atoms with Crippen molar-refractivity contribution < 1.29 is 17.9 Å². The third-order valence-electron chi connectivity index (χ3n) is 4.68. The van der Waals surface area contributed by atoms with Crippen molar-refractivity contribution in [1.29, 1.82) is 0 Å². The molecule has 4 aromatic rings. The normalized spacial score (nSPS) is 12.5. The minimum atomic E-state index is -4.37. The monoisotopic (exact) mass is 459 g/mol. The van der Waals surface area contributed by atoms with Crippen LogP contribution in [0.4, 0.5) is 13.2 Å². The third-order valence-corrected chi connectivity index (χ3v) is 6.17. The Labute approximate surface area is 186 Å². The zero-order chi connectivity index (χ0) is 22.0. The van der Waals surface area contributed by atoms with Crippen molar-refractivity contribution in [2.24, 2.45) is 0 Å². The first kappa shape index (κ1) is 21.4. The second kappa shape index (κ2) is 8.73. The smallest absolute Gasteiger partial charge is 0.416 e. The van der Waals surface area contributed by atoms with Crippen LogP contribution in [0.25, 0.3) is 10.6 Å². The lowest BCUT2D eigenvalue weighted by molar-refractivity contribution is -0.137. The summed E-state index contributed by atoms with van der Waals surface area (Å²) in [6, 6.07) is 21.9.